The van der Waals surface area contributed by atoms with Crippen molar-refractivity contribution in [2.45, 2.75) is 33.6 Å². The number of hydrogen-bond donors (Lipinski definition) is 0. The number of hydrogen-bond acceptors (Lipinski definition) is 3. The molecule has 0 radical (unpaired) electrons. The Kier molecular flexibility index (Phi) is 5.71. The van der Waals surface area contributed by atoms with E-state index in [-0.39, 0.29) is 11.4 Å². The highest BCUT2D eigenvalue weighted by Crippen LogP contribution is 2.30. The average Bonchev–Trinajstić information content (AvgIpc) is 2.21. The lowest BCUT2D eigenvalue weighted by atomic mass is 9.83. The fraction of sp³-hybridized carbons (Fsp3) is 0.900. The minimum absolute atomic E-state index is 0.110. The number of ether oxygens (including phenoxy) is 2. The lowest BCUT2D eigenvalue weighted by Crippen LogP contribution is -2.35. The van der Waals surface area contributed by atoms with Gasteiger partial charge in [0.15, 0.2) is 0 Å². The van der Waals surface area contributed by atoms with Crippen LogP contribution in [0.1, 0.15) is 33.6 Å². The van der Waals surface area contributed by atoms with E-state index in [2.05, 4.69) is 0 Å². The summed E-state index contributed by atoms with van der Waals surface area (Å²) >= 11 is 0. The first-order chi connectivity index (χ1) is 6.19. The zero-order chi connectivity index (χ0) is 10.3. The smallest absolute Gasteiger partial charge is 0.311 e. The van der Waals surface area contributed by atoms with E-state index >= 15 is 0 Å². The fourth-order valence-electron chi connectivity index (χ4n) is 1.27. The third-order valence-electron chi connectivity index (χ3n) is 2.27. The fourth-order valence-corrected chi connectivity index (χ4v) is 1.27. The predicted octanol–water partition coefficient (Wildman–Crippen LogP) is 2.00. The van der Waals surface area contributed by atoms with E-state index in [4.69, 9.17) is 9.47 Å². The van der Waals surface area contributed by atoms with Gasteiger partial charge >= 0.3 is 5.97 Å². The molecule has 1 aliphatic rings. The molecule has 1 saturated heterocycles. The number of carbonyl (C=O) groups excluding carboxylic acids is 1. The molecule has 1 fully saturated rings. The quantitative estimate of drug-likeness (QED) is 0.590. The molecule has 0 aromatic rings. The van der Waals surface area contributed by atoms with Gasteiger partial charge in [0.2, 0.25) is 0 Å². The standard InChI is InChI=1S/C8H14O3.C2H6/c1-8(7(9)10-2)3-5-11-6-4-8;1-2/h3-6H2,1-2H3;1-2H3. The van der Waals surface area contributed by atoms with Gasteiger partial charge in [0.1, 0.15) is 0 Å². The summed E-state index contributed by atoms with van der Waals surface area (Å²) in [6.07, 6.45) is 1.55. The summed E-state index contributed by atoms with van der Waals surface area (Å²) in [6.45, 7) is 7.28. The van der Waals surface area contributed by atoms with Crippen LogP contribution in [0.4, 0.5) is 0 Å². The molecule has 0 bridgehead atoms. The second-order valence-corrected chi connectivity index (χ2v) is 3.16. The molecule has 1 rings (SSSR count). The monoisotopic (exact) mass is 188 g/mol. The van der Waals surface area contributed by atoms with Crippen LogP contribution >= 0.6 is 0 Å². The third-order valence-corrected chi connectivity index (χ3v) is 2.27. The normalized spacial score (nSPS) is 19.7. The van der Waals surface area contributed by atoms with Crippen molar-refractivity contribution in [2.75, 3.05) is 20.3 Å². The summed E-state index contributed by atoms with van der Waals surface area (Å²) < 4.78 is 9.85. The van der Waals surface area contributed by atoms with Crippen molar-refractivity contribution in [3.63, 3.8) is 0 Å². The van der Waals surface area contributed by atoms with Crippen LogP contribution in [0.3, 0.4) is 0 Å². The van der Waals surface area contributed by atoms with Crippen LogP contribution in [0.25, 0.3) is 0 Å². The van der Waals surface area contributed by atoms with Gasteiger partial charge < -0.3 is 9.47 Å². The van der Waals surface area contributed by atoms with Gasteiger partial charge in [0.05, 0.1) is 12.5 Å². The molecule has 3 heteroatoms. The van der Waals surface area contributed by atoms with Gasteiger partial charge in [-0.25, -0.2) is 0 Å². The number of methoxy groups -OCH3 is 1. The molecule has 3 nitrogen and oxygen atoms in total. The van der Waals surface area contributed by atoms with E-state index in [1.54, 1.807) is 0 Å². The molecule has 0 N–H and O–H groups in total. The molecule has 1 aliphatic heterocycles. The molecular formula is C10H20O3. The number of rotatable bonds is 1. The summed E-state index contributed by atoms with van der Waals surface area (Å²) in [4.78, 5) is 11.2. The van der Waals surface area contributed by atoms with Crippen molar-refractivity contribution < 1.29 is 14.3 Å². The second-order valence-electron chi connectivity index (χ2n) is 3.16. The van der Waals surface area contributed by atoms with Crippen LogP contribution in [-0.2, 0) is 14.3 Å². The van der Waals surface area contributed by atoms with E-state index < -0.39 is 0 Å². The van der Waals surface area contributed by atoms with Crippen LogP contribution in [0.15, 0.2) is 0 Å². The average molecular weight is 188 g/mol. The molecule has 0 spiro atoms. The van der Waals surface area contributed by atoms with Crippen LogP contribution < -0.4 is 0 Å². The van der Waals surface area contributed by atoms with Crippen molar-refractivity contribution in [1.29, 1.82) is 0 Å². The molecule has 0 saturated carbocycles. The Hall–Kier alpha value is -0.570. The van der Waals surface area contributed by atoms with Crippen LogP contribution in [0.2, 0.25) is 0 Å². The molecule has 0 aromatic carbocycles. The molecule has 0 aromatic heterocycles. The molecule has 0 aliphatic carbocycles. The number of esters is 1. The van der Waals surface area contributed by atoms with E-state index in [9.17, 15) is 4.79 Å². The van der Waals surface area contributed by atoms with E-state index in [1.807, 2.05) is 20.8 Å². The van der Waals surface area contributed by atoms with Crippen molar-refractivity contribution in [3.8, 4) is 0 Å². The molecule has 0 amide bonds. The Bertz CT molecular complexity index is 148. The molecule has 78 valence electrons. The first-order valence-electron chi connectivity index (χ1n) is 4.85. The molecule has 13 heavy (non-hydrogen) atoms. The van der Waals surface area contributed by atoms with E-state index in [0.29, 0.717) is 13.2 Å². The zero-order valence-corrected chi connectivity index (χ0v) is 9.05. The molecular weight excluding hydrogens is 168 g/mol. The molecule has 0 atom stereocenters. The van der Waals surface area contributed by atoms with Gasteiger partial charge in [-0.05, 0) is 19.8 Å². The zero-order valence-electron chi connectivity index (χ0n) is 9.05. The third kappa shape index (κ3) is 3.35. The van der Waals surface area contributed by atoms with E-state index in [1.165, 1.54) is 7.11 Å². The predicted molar refractivity (Wildman–Crippen MR) is 51.5 cm³/mol. The van der Waals surface area contributed by atoms with Crippen molar-refractivity contribution in [2.24, 2.45) is 5.41 Å². The summed E-state index contributed by atoms with van der Waals surface area (Å²) in [5, 5.41) is 0. The highest BCUT2D eigenvalue weighted by Gasteiger charge is 2.35. The van der Waals surface area contributed by atoms with Gasteiger partial charge in [0, 0.05) is 13.2 Å². The van der Waals surface area contributed by atoms with Crippen molar-refractivity contribution in [3.05, 3.63) is 0 Å². The Morgan fingerprint density at radius 3 is 2.15 bits per heavy atom. The lowest BCUT2D eigenvalue weighted by Gasteiger charge is -2.30. The molecule has 1 heterocycles. The number of carbonyl (C=O) groups is 1. The Labute approximate surface area is 80.4 Å². The largest absolute Gasteiger partial charge is 0.469 e. The minimum atomic E-state index is -0.299. The minimum Gasteiger partial charge on any atom is -0.469 e. The van der Waals surface area contributed by atoms with Crippen molar-refractivity contribution in [1.82, 2.24) is 0 Å². The summed E-state index contributed by atoms with van der Waals surface area (Å²) in [7, 11) is 1.43. The van der Waals surface area contributed by atoms with Gasteiger partial charge in [-0.2, -0.15) is 0 Å². The Morgan fingerprint density at radius 2 is 1.77 bits per heavy atom. The Balaban J connectivity index is 0.000000671. The summed E-state index contributed by atoms with van der Waals surface area (Å²) in [5.74, 6) is -0.110. The van der Waals surface area contributed by atoms with Crippen LogP contribution in [-0.4, -0.2) is 26.3 Å². The SMILES string of the molecule is CC.COC(=O)C1(C)CCOCC1. The second kappa shape index (κ2) is 5.97. The van der Waals surface area contributed by atoms with Crippen molar-refractivity contribution >= 4 is 5.97 Å². The molecule has 0 unspecified atom stereocenters. The Morgan fingerprint density at radius 1 is 1.31 bits per heavy atom. The maximum absolute atomic E-state index is 11.2. The van der Waals surface area contributed by atoms with Gasteiger partial charge in [-0.15, -0.1) is 0 Å². The first kappa shape index (κ1) is 12.4. The van der Waals surface area contributed by atoms with Crippen LogP contribution in [0.5, 0.6) is 0 Å². The topological polar surface area (TPSA) is 35.5 Å². The van der Waals surface area contributed by atoms with Gasteiger partial charge in [-0.1, -0.05) is 13.8 Å². The van der Waals surface area contributed by atoms with Gasteiger partial charge in [-0.3, -0.25) is 4.79 Å². The summed E-state index contributed by atoms with van der Waals surface area (Å²) in [6, 6.07) is 0. The first-order valence-corrected chi connectivity index (χ1v) is 4.85. The highest BCUT2D eigenvalue weighted by molar-refractivity contribution is 5.76. The maximum Gasteiger partial charge on any atom is 0.311 e. The lowest BCUT2D eigenvalue weighted by molar-refractivity contribution is -0.157. The highest BCUT2D eigenvalue weighted by atomic mass is 16.5. The van der Waals surface area contributed by atoms with E-state index in [0.717, 1.165) is 12.8 Å². The van der Waals surface area contributed by atoms with Crippen LogP contribution in [0, 0.1) is 5.41 Å². The summed E-state index contributed by atoms with van der Waals surface area (Å²) in [5.41, 5.74) is -0.299. The maximum atomic E-state index is 11.2. The van der Waals surface area contributed by atoms with Gasteiger partial charge in [0.25, 0.3) is 0 Å².